The van der Waals surface area contributed by atoms with E-state index in [9.17, 15) is 4.79 Å². The van der Waals surface area contributed by atoms with Gasteiger partial charge in [0.05, 0.1) is 6.42 Å². The number of hydrogen-bond acceptors (Lipinski definition) is 3. The van der Waals surface area contributed by atoms with E-state index in [0.29, 0.717) is 12.3 Å². The minimum absolute atomic E-state index is 0.0121. The number of rotatable bonds is 7. The molecule has 2 aromatic rings. The van der Waals surface area contributed by atoms with Crippen LogP contribution in [0.4, 0.5) is 0 Å². The van der Waals surface area contributed by atoms with Gasteiger partial charge in [-0.05, 0) is 42.4 Å². The van der Waals surface area contributed by atoms with Crippen LogP contribution in [0.3, 0.4) is 0 Å². The Morgan fingerprint density at radius 3 is 2.82 bits per heavy atom. The highest BCUT2D eigenvalue weighted by molar-refractivity contribution is 9.10. The zero-order chi connectivity index (χ0) is 15.9. The predicted octanol–water partition coefficient (Wildman–Crippen LogP) is 3.98. The van der Waals surface area contributed by atoms with E-state index in [0.717, 1.165) is 27.9 Å². The molecule has 0 aliphatic heterocycles. The normalized spacial score (nSPS) is 10.5. The molecule has 0 saturated heterocycles. The minimum Gasteiger partial charge on any atom is -0.481 e. The lowest BCUT2D eigenvalue weighted by Gasteiger charge is -2.13. The van der Waals surface area contributed by atoms with Crippen molar-refractivity contribution in [2.45, 2.75) is 19.9 Å². The Labute approximate surface area is 138 Å². The molecule has 0 amide bonds. The van der Waals surface area contributed by atoms with E-state index >= 15 is 0 Å². The first-order valence-corrected chi connectivity index (χ1v) is 7.85. The Bertz CT molecular complexity index is 658. The van der Waals surface area contributed by atoms with Crippen LogP contribution < -0.4 is 10.1 Å². The van der Waals surface area contributed by atoms with Crippen molar-refractivity contribution in [1.29, 1.82) is 0 Å². The Kier molecular flexibility index (Phi) is 5.98. The highest BCUT2D eigenvalue weighted by Crippen LogP contribution is 2.28. The fourth-order valence-corrected chi connectivity index (χ4v) is 2.47. The van der Waals surface area contributed by atoms with Crippen LogP contribution in [0.2, 0.25) is 0 Å². The monoisotopic (exact) mass is 363 g/mol. The lowest BCUT2D eigenvalue weighted by atomic mass is 10.1. The number of carbonyl (C=O) groups is 1. The fraction of sp³-hybridized carbons (Fsp3) is 0.235. The quantitative estimate of drug-likeness (QED) is 0.780. The van der Waals surface area contributed by atoms with Crippen LogP contribution in [-0.2, 0) is 17.8 Å². The summed E-state index contributed by atoms with van der Waals surface area (Å²) < 4.78 is 6.92. The first kappa shape index (κ1) is 16.5. The van der Waals surface area contributed by atoms with Gasteiger partial charge in [-0.3, -0.25) is 4.79 Å². The van der Waals surface area contributed by atoms with E-state index in [-0.39, 0.29) is 6.42 Å². The van der Waals surface area contributed by atoms with Crippen molar-refractivity contribution in [2.24, 2.45) is 0 Å². The summed E-state index contributed by atoms with van der Waals surface area (Å²) in [7, 11) is 0. The van der Waals surface area contributed by atoms with Crippen molar-refractivity contribution >= 4 is 21.9 Å². The van der Waals surface area contributed by atoms with Crippen LogP contribution in [0.5, 0.6) is 11.5 Å². The van der Waals surface area contributed by atoms with Gasteiger partial charge >= 0.3 is 5.97 Å². The van der Waals surface area contributed by atoms with Crippen molar-refractivity contribution in [3.63, 3.8) is 0 Å². The summed E-state index contributed by atoms with van der Waals surface area (Å²) in [6.45, 7) is 3.63. The van der Waals surface area contributed by atoms with Crippen LogP contribution in [0.25, 0.3) is 0 Å². The molecule has 22 heavy (non-hydrogen) atoms. The van der Waals surface area contributed by atoms with E-state index in [1.54, 1.807) is 18.2 Å². The molecule has 2 N–H and O–H groups in total. The lowest BCUT2D eigenvalue weighted by Crippen LogP contribution is -2.12. The van der Waals surface area contributed by atoms with Crippen LogP contribution >= 0.6 is 15.9 Å². The number of aliphatic carboxylic acids is 1. The predicted molar refractivity (Wildman–Crippen MR) is 89.4 cm³/mol. The molecule has 0 fully saturated rings. The van der Waals surface area contributed by atoms with Crippen LogP contribution in [0, 0.1) is 0 Å². The topological polar surface area (TPSA) is 58.6 Å². The van der Waals surface area contributed by atoms with Crippen molar-refractivity contribution in [1.82, 2.24) is 5.32 Å². The number of ether oxygens (including phenoxy) is 1. The standard InChI is InChI=1S/C17H18BrNO3/c1-2-19-11-13-10-14(18)6-7-16(13)22-15-5-3-4-12(8-15)9-17(20)21/h3-8,10,19H,2,9,11H2,1H3,(H,20,21). The molecule has 2 rings (SSSR count). The van der Waals surface area contributed by atoms with Gasteiger partial charge in [-0.15, -0.1) is 0 Å². The Morgan fingerprint density at radius 2 is 2.09 bits per heavy atom. The molecule has 0 bridgehead atoms. The molecule has 0 saturated carbocycles. The van der Waals surface area contributed by atoms with Gasteiger partial charge in [-0.1, -0.05) is 35.0 Å². The maximum absolute atomic E-state index is 10.8. The summed E-state index contributed by atoms with van der Waals surface area (Å²) in [6.07, 6.45) is -0.0121. The van der Waals surface area contributed by atoms with Gasteiger partial charge in [0, 0.05) is 16.6 Å². The molecule has 0 aliphatic rings. The summed E-state index contributed by atoms with van der Waals surface area (Å²) >= 11 is 3.46. The van der Waals surface area contributed by atoms with E-state index in [2.05, 4.69) is 21.2 Å². The number of benzene rings is 2. The molecular weight excluding hydrogens is 346 g/mol. The number of carboxylic acids is 1. The van der Waals surface area contributed by atoms with Gasteiger partial charge in [0.2, 0.25) is 0 Å². The molecule has 2 aromatic carbocycles. The molecule has 4 nitrogen and oxygen atoms in total. The molecule has 0 heterocycles. The van der Waals surface area contributed by atoms with E-state index in [4.69, 9.17) is 9.84 Å². The molecule has 116 valence electrons. The highest BCUT2D eigenvalue weighted by atomic mass is 79.9. The highest BCUT2D eigenvalue weighted by Gasteiger charge is 2.07. The Balaban J connectivity index is 2.21. The fourth-order valence-electron chi connectivity index (χ4n) is 2.07. The molecule has 0 radical (unpaired) electrons. The van der Waals surface area contributed by atoms with Crippen molar-refractivity contribution < 1.29 is 14.6 Å². The van der Waals surface area contributed by atoms with E-state index in [1.165, 1.54) is 0 Å². The molecular formula is C17H18BrNO3. The lowest BCUT2D eigenvalue weighted by molar-refractivity contribution is -0.136. The van der Waals surface area contributed by atoms with Gasteiger partial charge < -0.3 is 15.2 Å². The molecule has 0 spiro atoms. The summed E-state index contributed by atoms with van der Waals surface area (Å²) in [5.74, 6) is 0.545. The first-order valence-electron chi connectivity index (χ1n) is 7.06. The van der Waals surface area contributed by atoms with Gasteiger partial charge in [-0.25, -0.2) is 0 Å². The van der Waals surface area contributed by atoms with Crippen molar-refractivity contribution in [3.05, 3.63) is 58.1 Å². The number of carboxylic acid groups (broad SMARTS) is 1. The molecule has 0 unspecified atom stereocenters. The average Bonchev–Trinajstić information content (AvgIpc) is 2.47. The summed E-state index contributed by atoms with van der Waals surface area (Å²) in [5, 5.41) is 12.1. The van der Waals surface area contributed by atoms with Gasteiger partial charge in [0.1, 0.15) is 11.5 Å². The second-order valence-electron chi connectivity index (χ2n) is 4.85. The van der Waals surface area contributed by atoms with Gasteiger partial charge in [0.15, 0.2) is 0 Å². The summed E-state index contributed by atoms with van der Waals surface area (Å²) in [6, 6.07) is 13.0. The van der Waals surface area contributed by atoms with Crippen LogP contribution in [0.15, 0.2) is 46.9 Å². The second-order valence-corrected chi connectivity index (χ2v) is 5.77. The van der Waals surface area contributed by atoms with Crippen LogP contribution in [0.1, 0.15) is 18.1 Å². The largest absolute Gasteiger partial charge is 0.481 e. The second kappa shape index (κ2) is 7.96. The van der Waals surface area contributed by atoms with Gasteiger partial charge in [-0.2, -0.15) is 0 Å². The smallest absolute Gasteiger partial charge is 0.307 e. The summed E-state index contributed by atoms with van der Waals surface area (Å²) in [4.78, 5) is 10.8. The first-order chi connectivity index (χ1) is 10.6. The number of hydrogen-bond donors (Lipinski definition) is 2. The minimum atomic E-state index is -0.853. The number of nitrogens with one attached hydrogen (secondary N) is 1. The van der Waals surface area contributed by atoms with E-state index in [1.807, 2.05) is 31.2 Å². The van der Waals surface area contributed by atoms with Gasteiger partial charge in [0.25, 0.3) is 0 Å². The third kappa shape index (κ3) is 4.86. The molecule has 5 heteroatoms. The van der Waals surface area contributed by atoms with Crippen molar-refractivity contribution in [3.8, 4) is 11.5 Å². The average molecular weight is 364 g/mol. The zero-order valence-corrected chi connectivity index (χ0v) is 13.9. The molecule has 0 aromatic heterocycles. The maximum atomic E-state index is 10.8. The van der Waals surface area contributed by atoms with Crippen molar-refractivity contribution in [2.75, 3.05) is 6.54 Å². The van der Waals surface area contributed by atoms with E-state index < -0.39 is 5.97 Å². The third-order valence-electron chi connectivity index (χ3n) is 3.07. The number of halogens is 1. The Morgan fingerprint density at radius 1 is 1.27 bits per heavy atom. The Hall–Kier alpha value is -1.85. The SMILES string of the molecule is CCNCc1cc(Br)ccc1Oc1cccc(CC(=O)O)c1. The van der Waals surface area contributed by atoms with Crippen LogP contribution in [-0.4, -0.2) is 17.6 Å². The molecule has 0 aliphatic carbocycles. The maximum Gasteiger partial charge on any atom is 0.307 e. The zero-order valence-electron chi connectivity index (χ0n) is 12.3. The summed E-state index contributed by atoms with van der Waals surface area (Å²) in [5.41, 5.74) is 1.76. The third-order valence-corrected chi connectivity index (χ3v) is 3.56. The molecule has 0 atom stereocenters.